The number of hydrogen-bond donors (Lipinski definition) is 0. The molecule has 0 N–H and O–H groups in total. The van der Waals surface area contributed by atoms with Crippen molar-refractivity contribution in [2.75, 3.05) is 0 Å². The third-order valence-electron chi connectivity index (χ3n) is 4.71. The van der Waals surface area contributed by atoms with Gasteiger partial charge in [-0.25, -0.2) is 0 Å². The molecule has 0 aliphatic heterocycles. The summed E-state index contributed by atoms with van der Waals surface area (Å²) in [5.41, 5.74) is 1.46. The van der Waals surface area contributed by atoms with Gasteiger partial charge in [-0.05, 0) is 53.8 Å². The second-order valence-corrected chi connectivity index (χ2v) is 7.82. The highest BCUT2D eigenvalue weighted by molar-refractivity contribution is 7.07. The molecule has 0 aliphatic carbocycles. The van der Waals surface area contributed by atoms with Gasteiger partial charge >= 0.3 is 5.97 Å². The summed E-state index contributed by atoms with van der Waals surface area (Å²) in [6, 6.07) is 7.80. The lowest BCUT2D eigenvalue weighted by Crippen LogP contribution is -2.07. The SMILES string of the molecule is O=C(CCCCCCCCCCCc1ccsc1)Oc1ccc([N+](=O)[O-])cc1. The Balaban J connectivity index is 1.40. The summed E-state index contributed by atoms with van der Waals surface area (Å²) in [5, 5.41) is 15.0. The molecule has 1 heterocycles. The molecule has 2 rings (SSSR count). The maximum absolute atomic E-state index is 11.8. The number of ether oxygens (including phenoxy) is 1. The first-order chi connectivity index (χ1) is 13.6. The van der Waals surface area contributed by atoms with Gasteiger partial charge in [0.2, 0.25) is 0 Å². The van der Waals surface area contributed by atoms with Crippen molar-refractivity contribution in [3.05, 3.63) is 56.8 Å². The van der Waals surface area contributed by atoms with Crippen LogP contribution in [0.5, 0.6) is 5.75 Å². The van der Waals surface area contributed by atoms with Crippen molar-refractivity contribution >= 4 is 23.0 Å². The zero-order chi connectivity index (χ0) is 20.0. The quantitative estimate of drug-likeness (QED) is 0.116. The number of benzene rings is 1. The van der Waals surface area contributed by atoms with Gasteiger partial charge in [0.05, 0.1) is 4.92 Å². The largest absolute Gasteiger partial charge is 0.427 e. The van der Waals surface area contributed by atoms with Crippen molar-refractivity contribution in [2.24, 2.45) is 0 Å². The van der Waals surface area contributed by atoms with Gasteiger partial charge in [0, 0.05) is 18.6 Å². The highest BCUT2D eigenvalue weighted by atomic mass is 32.1. The fourth-order valence-corrected chi connectivity index (χ4v) is 3.79. The van der Waals surface area contributed by atoms with E-state index in [0.29, 0.717) is 12.2 Å². The number of non-ortho nitro benzene ring substituents is 1. The summed E-state index contributed by atoms with van der Waals surface area (Å²) in [6.45, 7) is 0. The summed E-state index contributed by atoms with van der Waals surface area (Å²) in [6.07, 6.45) is 12.3. The van der Waals surface area contributed by atoms with Crippen LogP contribution in [-0.2, 0) is 11.2 Å². The number of esters is 1. The van der Waals surface area contributed by atoms with Crippen LogP contribution in [0.15, 0.2) is 41.1 Å². The minimum atomic E-state index is -0.475. The number of nitro groups is 1. The zero-order valence-corrected chi connectivity index (χ0v) is 17.1. The van der Waals surface area contributed by atoms with E-state index in [1.165, 1.54) is 74.8 Å². The standard InChI is InChI=1S/C22H29NO4S/c24-22(27-21-14-12-20(13-15-21)23(25)26)11-9-7-5-3-1-2-4-6-8-10-19-16-17-28-18-19/h12-18H,1-11H2. The van der Waals surface area contributed by atoms with E-state index >= 15 is 0 Å². The number of hydrogen-bond acceptors (Lipinski definition) is 5. The molecule has 0 unspecified atom stereocenters. The van der Waals surface area contributed by atoms with Crippen molar-refractivity contribution < 1.29 is 14.5 Å². The fourth-order valence-electron chi connectivity index (χ4n) is 3.09. The topological polar surface area (TPSA) is 69.4 Å². The molecular weight excluding hydrogens is 374 g/mol. The number of aryl methyl sites for hydroxylation is 1. The third-order valence-corrected chi connectivity index (χ3v) is 5.44. The maximum Gasteiger partial charge on any atom is 0.311 e. The number of carbonyl (C=O) groups is 1. The summed E-state index contributed by atoms with van der Waals surface area (Å²) in [5.74, 6) is 0.0778. The molecule has 0 atom stereocenters. The predicted molar refractivity (Wildman–Crippen MR) is 113 cm³/mol. The lowest BCUT2D eigenvalue weighted by Gasteiger charge is -2.04. The van der Waals surface area contributed by atoms with Crippen molar-refractivity contribution in [2.45, 2.75) is 70.6 Å². The molecule has 0 saturated carbocycles. The van der Waals surface area contributed by atoms with E-state index in [1.807, 2.05) is 0 Å². The minimum Gasteiger partial charge on any atom is -0.427 e. The van der Waals surface area contributed by atoms with Crippen LogP contribution < -0.4 is 4.74 Å². The Labute approximate surface area is 170 Å². The van der Waals surface area contributed by atoms with E-state index in [9.17, 15) is 14.9 Å². The average molecular weight is 404 g/mol. The third kappa shape index (κ3) is 9.13. The van der Waals surface area contributed by atoms with Crippen LogP contribution in [0.25, 0.3) is 0 Å². The molecule has 0 saturated heterocycles. The average Bonchev–Trinajstić information content (AvgIpc) is 3.20. The molecule has 152 valence electrons. The molecule has 0 bridgehead atoms. The van der Waals surface area contributed by atoms with Crippen LogP contribution in [0.4, 0.5) is 5.69 Å². The van der Waals surface area contributed by atoms with Gasteiger partial charge in [0.25, 0.3) is 5.69 Å². The van der Waals surface area contributed by atoms with Crippen molar-refractivity contribution in [3.63, 3.8) is 0 Å². The highest BCUT2D eigenvalue weighted by Gasteiger charge is 2.08. The normalized spacial score (nSPS) is 10.7. The number of nitro benzene ring substituents is 1. The number of rotatable bonds is 14. The van der Waals surface area contributed by atoms with Crippen LogP contribution in [-0.4, -0.2) is 10.9 Å². The number of unbranched alkanes of at least 4 members (excludes halogenated alkanes) is 8. The Morgan fingerprint density at radius 3 is 2.07 bits per heavy atom. The van der Waals surface area contributed by atoms with E-state index in [4.69, 9.17) is 4.74 Å². The van der Waals surface area contributed by atoms with Crippen molar-refractivity contribution in [3.8, 4) is 5.75 Å². The molecule has 0 amide bonds. The van der Waals surface area contributed by atoms with Gasteiger partial charge in [0.1, 0.15) is 5.75 Å². The van der Waals surface area contributed by atoms with Gasteiger partial charge in [-0.15, -0.1) is 0 Å². The van der Waals surface area contributed by atoms with Crippen molar-refractivity contribution in [1.82, 2.24) is 0 Å². The first-order valence-electron chi connectivity index (χ1n) is 10.1. The summed E-state index contributed by atoms with van der Waals surface area (Å²) < 4.78 is 5.20. The zero-order valence-electron chi connectivity index (χ0n) is 16.3. The molecule has 0 radical (unpaired) electrons. The Morgan fingerprint density at radius 1 is 0.893 bits per heavy atom. The van der Waals surface area contributed by atoms with Gasteiger partial charge in [-0.2, -0.15) is 11.3 Å². The van der Waals surface area contributed by atoms with Crippen LogP contribution in [0.1, 0.15) is 69.8 Å². The smallest absolute Gasteiger partial charge is 0.311 e. The Kier molecular flexibility index (Phi) is 10.3. The van der Waals surface area contributed by atoms with E-state index in [-0.39, 0.29) is 11.7 Å². The molecule has 5 nitrogen and oxygen atoms in total. The Bertz CT molecular complexity index is 698. The van der Waals surface area contributed by atoms with Crippen molar-refractivity contribution in [1.29, 1.82) is 0 Å². The Hall–Kier alpha value is -2.21. The van der Waals surface area contributed by atoms with Crippen LogP contribution in [0.2, 0.25) is 0 Å². The first kappa shape index (κ1) is 22.1. The van der Waals surface area contributed by atoms with Crippen LogP contribution in [0.3, 0.4) is 0 Å². The fraction of sp³-hybridized carbons (Fsp3) is 0.500. The molecule has 0 aliphatic rings. The lowest BCUT2D eigenvalue weighted by molar-refractivity contribution is -0.384. The van der Waals surface area contributed by atoms with Gasteiger partial charge in [-0.3, -0.25) is 14.9 Å². The number of nitrogens with zero attached hydrogens (tertiary/aromatic N) is 1. The second kappa shape index (κ2) is 13.0. The number of thiophene rings is 1. The highest BCUT2D eigenvalue weighted by Crippen LogP contribution is 2.18. The predicted octanol–water partition coefficient (Wildman–Crippen LogP) is 6.71. The summed E-state index contributed by atoms with van der Waals surface area (Å²) in [7, 11) is 0. The Morgan fingerprint density at radius 2 is 1.50 bits per heavy atom. The summed E-state index contributed by atoms with van der Waals surface area (Å²) in [4.78, 5) is 21.9. The first-order valence-corrected chi connectivity index (χ1v) is 11.1. The lowest BCUT2D eigenvalue weighted by atomic mass is 10.0. The second-order valence-electron chi connectivity index (χ2n) is 7.04. The molecule has 2 aromatic rings. The molecular formula is C22H29NO4S. The van der Waals surface area contributed by atoms with E-state index < -0.39 is 4.92 Å². The van der Waals surface area contributed by atoms with Gasteiger partial charge in [-0.1, -0.05) is 44.9 Å². The van der Waals surface area contributed by atoms with Crippen LogP contribution >= 0.6 is 11.3 Å². The van der Waals surface area contributed by atoms with E-state index in [0.717, 1.165) is 19.3 Å². The molecule has 6 heteroatoms. The minimum absolute atomic E-state index is 0.0118. The molecule has 0 fully saturated rings. The maximum atomic E-state index is 11.8. The van der Waals surface area contributed by atoms with E-state index in [1.54, 1.807) is 11.3 Å². The molecule has 28 heavy (non-hydrogen) atoms. The van der Waals surface area contributed by atoms with Gasteiger partial charge < -0.3 is 4.74 Å². The molecule has 1 aromatic heterocycles. The summed E-state index contributed by atoms with van der Waals surface area (Å²) >= 11 is 1.77. The van der Waals surface area contributed by atoms with Crippen LogP contribution in [0, 0.1) is 10.1 Å². The monoisotopic (exact) mass is 403 g/mol. The van der Waals surface area contributed by atoms with Gasteiger partial charge in [0.15, 0.2) is 0 Å². The molecule has 0 spiro atoms. The molecule has 1 aromatic carbocycles. The number of carbonyl (C=O) groups excluding carboxylic acids is 1. The van der Waals surface area contributed by atoms with E-state index in [2.05, 4.69) is 16.8 Å².